The fourth-order valence-corrected chi connectivity index (χ4v) is 4.15. The number of nitrogens with zero attached hydrogens (tertiary/aromatic N) is 1. The van der Waals surface area contributed by atoms with E-state index in [1.165, 1.54) is 6.07 Å². The molecule has 0 aliphatic heterocycles. The third-order valence-electron chi connectivity index (χ3n) is 3.90. The number of amides is 1. The highest BCUT2D eigenvalue weighted by Crippen LogP contribution is 2.35. The Morgan fingerprint density at radius 3 is 2.25 bits per heavy atom. The van der Waals surface area contributed by atoms with Crippen molar-refractivity contribution in [1.82, 2.24) is 9.62 Å². The topological polar surface area (TPSA) is 66.5 Å². The minimum atomic E-state index is -4.84. The second-order valence-corrected chi connectivity index (χ2v) is 8.01. The van der Waals surface area contributed by atoms with Gasteiger partial charge in [0.05, 0.1) is 17.0 Å². The maximum Gasteiger partial charge on any atom is 0.417 e. The van der Waals surface area contributed by atoms with Gasteiger partial charge in [0.2, 0.25) is 15.9 Å². The molecule has 9 heteroatoms. The van der Waals surface area contributed by atoms with Gasteiger partial charge < -0.3 is 5.32 Å². The molecule has 2 rings (SSSR count). The molecule has 0 saturated carbocycles. The Morgan fingerprint density at radius 1 is 1.04 bits per heavy atom. The average Bonchev–Trinajstić information content (AvgIpc) is 2.66. The third-order valence-corrected chi connectivity index (χ3v) is 5.75. The molecule has 2 aromatic rings. The quantitative estimate of drug-likeness (QED) is 0.720. The normalized spacial score (nSPS) is 12.2. The van der Waals surface area contributed by atoms with E-state index in [2.05, 4.69) is 5.32 Å². The molecule has 0 unspecified atom stereocenters. The Morgan fingerprint density at radius 2 is 1.64 bits per heavy atom. The van der Waals surface area contributed by atoms with Gasteiger partial charge in [0.15, 0.2) is 0 Å². The number of benzene rings is 2. The number of hydrogen-bond acceptors (Lipinski definition) is 3. The van der Waals surface area contributed by atoms with E-state index in [1.54, 1.807) is 30.3 Å². The molecule has 1 amide bonds. The molecule has 0 atom stereocenters. The fraction of sp³-hybridized carbons (Fsp3) is 0.316. The molecule has 0 bridgehead atoms. The molecule has 0 radical (unpaired) electrons. The molecular formula is C19H21F3N2O3S. The van der Waals surface area contributed by atoms with Crippen LogP contribution < -0.4 is 5.32 Å². The van der Waals surface area contributed by atoms with Crippen LogP contribution in [-0.4, -0.2) is 31.7 Å². The van der Waals surface area contributed by atoms with Crippen LogP contribution in [0, 0.1) is 0 Å². The van der Waals surface area contributed by atoms with Crippen molar-refractivity contribution in [2.45, 2.75) is 31.0 Å². The smallest absolute Gasteiger partial charge is 0.355 e. The number of carbonyl (C=O) groups excluding carboxylic acids is 1. The monoisotopic (exact) mass is 414 g/mol. The van der Waals surface area contributed by atoms with Crippen LogP contribution in [0.2, 0.25) is 0 Å². The van der Waals surface area contributed by atoms with Gasteiger partial charge in [0, 0.05) is 13.1 Å². The van der Waals surface area contributed by atoms with Crippen LogP contribution >= 0.6 is 0 Å². The van der Waals surface area contributed by atoms with Gasteiger partial charge in [-0.1, -0.05) is 49.4 Å². The van der Waals surface area contributed by atoms with Gasteiger partial charge in [-0.15, -0.1) is 0 Å². The van der Waals surface area contributed by atoms with Crippen molar-refractivity contribution in [3.63, 3.8) is 0 Å². The molecule has 2 aromatic carbocycles. The number of carbonyl (C=O) groups is 1. The standard InChI is InChI=1S/C19H21F3N2O3S/c1-2-12-23-18(25)14-24(13-15-8-4-3-5-9-15)28(26,27)17-11-7-6-10-16(17)19(20,21)22/h3-11H,2,12-14H2,1H3,(H,23,25). The highest BCUT2D eigenvalue weighted by molar-refractivity contribution is 7.89. The molecular weight excluding hydrogens is 393 g/mol. The van der Waals surface area contributed by atoms with Crippen molar-refractivity contribution < 1.29 is 26.4 Å². The molecule has 0 aliphatic carbocycles. The lowest BCUT2D eigenvalue weighted by atomic mass is 10.2. The summed E-state index contributed by atoms with van der Waals surface area (Å²) in [7, 11) is -4.58. The van der Waals surface area contributed by atoms with Gasteiger partial charge in [0.1, 0.15) is 0 Å². The zero-order chi connectivity index (χ0) is 20.8. The predicted molar refractivity (Wildman–Crippen MR) is 98.8 cm³/mol. The predicted octanol–water partition coefficient (Wildman–Crippen LogP) is 3.42. The lowest BCUT2D eigenvalue weighted by Gasteiger charge is -2.24. The number of halogens is 3. The van der Waals surface area contributed by atoms with Crippen molar-refractivity contribution in [3.8, 4) is 0 Å². The Kier molecular flexibility index (Phi) is 7.20. The summed E-state index contributed by atoms with van der Waals surface area (Å²) in [6.07, 6.45) is -4.19. The maximum absolute atomic E-state index is 13.3. The van der Waals surface area contributed by atoms with E-state index >= 15 is 0 Å². The fourth-order valence-electron chi connectivity index (χ4n) is 2.56. The number of hydrogen-bond donors (Lipinski definition) is 1. The second kappa shape index (κ2) is 9.20. The largest absolute Gasteiger partial charge is 0.417 e. The van der Waals surface area contributed by atoms with Crippen LogP contribution in [-0.2, 0) is 27.5 Å². The summed E-state index contributed by atoms with van der Waals surface area (Å²) in [6.45, 7) is 1.37. The molecule has 1 N–H and O–H groups in total. The van der Waals surface area contributed by atoms with Crippen LogP contribution in [0.5, 0.6) is 0 Å². The molecule has 0 saturated heterocycles. The lowest BCUT2D eigenvalue weighted by molar-refractivity contribution is -0.139. The first-order valence-electron chi connectivity index (χ1n) is 8.63. The lowest BCUT2D eigenvalue weighted by Crippen LogP contribution is -2.41. The summed E-state index contributed by atoms with van der Waals surface area (Å²) in [5, 5.41) is 2.55. The zero-order valence-corrected chi connectivity index (χ0v) is 16.1. The molecule has 28 heavy (non-hydrogen) atoms. The third kappa shape index (κ3) is 5.56. The van der Waals surface area contributed by atoms with E-state index < -0.39 is 39.1 Å². The van der Waals surface area contributed by atoms with Crippen LogP contribution in [0.3, 0.4) is 0 Å². The number of rotatable bonds is 8. The molecule has 5 nitrogen and oxygen atoms in total. The van der Waals surface area contributed by atoms with Gasteiger partial charge >= 0.3 is 6.18 Å². The molecule has 0 heterocycles. The van der Waals surface area contributed by atoms with E-state index in [1.807, 2.05) is 6.92 Å². The Balaban J connectivity index is 2.45. The minimum absolute atomic E-state index is 0.227. The summed E-state index contributed by atoms with van der Waals surface area (Å²) in [4.78, 5) is 11.2. The number of alkyl halides is 3. The highest BCUT2D eigenvalue weighted by atomic mass is 32.2. The first-order valence-corrected chi connectivity index (χ1v) is 10.1. The summed E-state index contributed by atoms with van der Waals surface area (Å²) < 4.78 is 66.9. The molecule has 0 fully saturated rings. The maximum atomic E-state index is 13.3. The van der Waals surface area contributed by atoms with Crippen molar-refractivity contribution in [2.75, 3.05) is 13.1 Å². The van der Waals surface area contributed by atoms with Gasteiger partial charge in [-0.3, -0.25) is 4.79 Å². The van der Waals surface area contributed by atoms with E-state index in [-0.39, 0.29) is 6.54 Å². The van der Waals surface area contributed by atoms with Crippen molar-refractivity contribution in [1.29, 1.82) is 0 Å². The minimum Gasteiger partial charge on any atom is -0.355 e. The van der Waals surface area contributed by atoms with E-state index in [0.29, 0.717) is 24.6 Å². The van der Waals surface area contributed by atoms with E-state index in [4.69, 9.17) is 0 Å². The number of sulfonamides is 1. The molecule has 0 aromatic heterocycles. The SMILES string of the molecule is CCCNC(=O)CN(Cc1ccccc1)S(=O)(=O)c1ccccc1C(F)(F)F. The van der Waals surface area contributed by atoms with Gasteiger partial charge in [-0.25, -0.2) is 8.42 Å². The molecule has 0 aliphatic rings. The van der Waals surface area contributed by atoms with Crippen LogP contribution in [0.25, 0.3) is 0 Å². The van der Waals surface area contributed by atoms with E-state index in [9.17, 15) is 26.4 Å². The van der Waals surface area contributed by atoms with Crippen molar-refractivity contribution in [3.05, 3.63) is 65.7 Å². The number of nitrogens with one attached hydrogen (secondary N) is 1. The first kappa shape index (κ1) is 21.9. The van der Waals surface area contributed by atoms with Gasteiger partial charge in [0.25, 0.3) is 0 Å². The Labute approximate surface area is 162 Å². The molecule has 152 valence electrons. The van der Waals surface area contributed by atoms with Crippen LogP contribution in [0.15, 0.2) is 59.5 Å². The second-order valence-electron chi connectivity index (χ2n) is 6.10. The first-order chi connectivity index (χ1) is 13.2. The van der Waals surface area contributed by atoms with Crippen LogP contribution in [0.1, 0.15) is 24.5 Å². The summed E-state index contributed by atoms with van der Waals surface area (Å²) >= 11 is 0. The zero-order valence-electron chi connectivity index (χ0n) is 15.2. The Bertz CT molecular complexity index is 900. The van der Waals surface area contributed by atoms with Crippen molar-refractivity contribution >= 4 is 15.9 Å². The van der Waals surface area contributed by atoms with Crippen molar-refractivity contribution in [2.24, 2.45) is 0 Å². The van der Waals surface area contributed by atoms with Crippen LogP contribution in [0.4, 0.5) is 13.2 Å². The van der Waals surface area contributed by atoms with Gasteiger partial charge in [-0.05, 0) is 24.1 Å². The molecule has 0 spiro atoms. The highest BCUT2D eigenvalue weighted by Gasteiger charge is 2.39. The summed E-state index contributed by atoms with van der Waals surface area (Å²) in [6, 6.07) is 12.3. The Hall–Kier alpha value is -2.39. The van der Waals surface area contributed by atoms with Gasteiger partial charge in [-0.2, -0.15) is 17.5 Å². The summed E-state index contributed by atoms with van der Waals surface area (Å²) in [5.74, 6) is -0.578. The van der Waals surface area contributed by atoms with E-state index in [0.717, 1.165) is 16.4 Å². The average molecular weight is 414 g/mol. The summed E-state index contributed by atoms with van der Waals surface area (Å²) in [5.41, 5.74) is -0.708.